The van der Waals surface area contributed by atoms with E-state index in [-0.39, 0.29) is 13.2 Å². The zero-order valence-electron chi connectivity index (χ0n) is 17.1. The first-order valence-electron chi connectivity index (χ1n) is 9.65. The number of esters is 1. The molecular weight excluding hydrogens is 438 g/mol. The van der Waals surface area contributed by atoms with Gasteiger partial charge in [0.15, 0.2) is 18.1 Å². The van der Waals surface area contributed by atoms with Gasteiger partial charge in [0, 0.05) is 22.6 Å². The molecule has 0 aliphatic rings. The largest absolute Gasteiger partial charge is 0.490 e. The van der Waals surface area contributed by atoms with E-state index in [0.29, 0.717) is 33.8 Å². The number of ether oxygens (including phenoxy) is 3. The van der Waals surface area contributed by atoms with Crippen molar-refractivity contribution in [2.75, 3.05) is 25.2 Å². The molecule has 7 nitrogen and oxygen atoms in total. The number of nitrogens with zero attached hydrogens (tertiary/aromatic N) is 2. The van der Waals surface area contributed by atoms with Crippen molar-refractivity contribution >= 4 is 40.3 Å². The number of aromatic nitrogens is 1. The number of carbonyl (C=O) groups excluding carboxylic acids is 1. The van der Waals surface area contributed by atoms with E-state index in [4.69, 9.17) is 25.8 Å². The summed E-state index contributed by atoms with van der Waals surface area (Å²) in [7, 11) is 0. The minimum absolute atomic E-state index is 0.229. The molecule has 0 spiro atoms. The predicted octanol–water partition coefficient (Wildman–Crippen LogP) is 5.25. The fourth-order valence-electron chi connectivity index (χ4n) is 2.59. The monoisotopic (exact) mass is 459 g/mol. The molecule has 0 fully saturated rings. The lowest BCUT2D eigenvalue weighted by atomic mass is 10.2. The van der Waals surface area contributed by atoms with E-state index in [1.54, 1.807) is 25.3 Å². The molecule has 0 bridgehead atoms. The van der Waals surface area contributed by atoms with E-state index in [1.165, 1.54) is 11.3 Å². The molecule has 0 radical (unpaired) electrons. The molecule has 31 heavy (non-hydrogen) atoms. The molecular formula is C22H22ClN3O4S. The van der Waals surface area contributed by atoms with Gasteiger partial charge < -0.3 is 14.2 Å². The van der Waals surface area contributed by atoms with Crippen molar-refractivity contribution in [2.24, 2.45) is 5.10 Å². The Morgan fingerprint density at radius 2 is 1.94 bits per heavy atom. The van der Waals surface area contributed by atoms with Gasteiger partial charge in [0.1, 0.15) is 0 Å². The highest BCUT2D eigenvalue weighted by molar-refractivity contribution is 7.14. The fourth-order valence-corrected chi connectivity index (χ4v) is 3.46. The molecule has 1 N–H and O–H groups in total. The second-order valence-corrected chi connectivity index (χ2v) is 7.39. The van der Waals surface area contributed by atoms with Crippen molar-refractivity contribution in [3.05, 3.63) is 58.4 Å². The van der Waals surface area contributed by atoms with E-state index in [1.807, 2.05) is 42.6 Å². The van der Waals surface area contributed by atoms with Crippen LogP contribution in [-0.2, 0) is 9.53 Å². The van der Waals surface area contributed by atoms with Gasteiger partial charge in [-0.1, -0.05) is 41.9 Å². The Morgan fingerprint density at radius 3 is 2.68 bits per heavy atom. The first-order chi connectivity index (χ1) is 15.1. The summed E-state index contributed by atoms with van der Waals surface area (Å²) >= 11 is 7.81. The van der Waals surface area contributed by atoms with Crippen molar-refractivity contribution in [2.45, 2.75) is 13.8 Å². The van der Waals surface area contributed by atoms with Gasteiger partial charge in [0.25, 0.3) is 0 Å². The highest BCUT2D eigenvalue weighted by Crippen LogP contribution is 2.33. The van der Waals surface area contributed by atoms with Gasteiger partial charge >= 0.3 is 5.97 Å². The number of nitrogens with one attached hydrogen (secondary N) is 1. The van der Waals surface area contributed by atoms with Gasteiger partial charge in [-0.15, -0.1) is 11.3 Å². The number of rotatable bonds is 10. The van der Waals surface area contributed by atoms with Gasteiger partial charge in [0.05, 0.1) is 30.1 Å². The van der Waals surface area contributed by atoms with Crippen molar-refractivity contribution in [3.8, 4) is 22.8 Å². The van der Waals surface area contributed by atoms with Crippen LogP contribution in [0.15, 0.2) is 52.9 Å². The molecule has 0 atom stereocenters. The number of thiazole rings is 1. The zero-order chi connectivity index (χ0) is 22.1. The zero-order valence-corrected chi connectivity index (χ0v) is 18.7. The number of hydrogen-bond donors (Lipinski definition) is 1. The third-order valence-electron chi connectivity index (χ3n) is 3.95. The lowest BCUT2D eigenvalue weighted by Crippen LogP contribution is -2.15. The molecule has 9 heteroatoms. The molecule has 0 unspecified atom stereocenters. The van der Waals surface area contributed by atoms with Crippen LogP contribution in [0.5, 0.6) is 11.5 Å². The standard InChI is InChI=1S/C22H22ClN3O4S/c1-3-28-19-10-16(17(23)11-20(19)30-13-21(27)29-4-2)12-24-26-22-25-18(14-31-22)15-8-6-5-7-9-15/h5-12,14H,3-4,13H2,1-2H3,(H,25,26). The molecule has 3 aromatic rings. The van der Waals surface area contributed by atoms with Crippen LogP contribution >= 0.6 is 22.9 Å². The van der Waals surface area contributed by atoms with E-state index in [9.17, 15) is 4.79 Å². The molecule has 0 aliphatic heterocycles. The van der Waals surface area contributed by atoms with Crippen molar-refractivity contribution in [1.29, 1.82) is 0 Å². The van der Waals surface area contributed by atoms with Crippen molar-refractivity contribution < 1.29 is 19.0 Å². The van der Waals surface area contributed by atoms with Gasteiger partial charge in [-0.05, 0) is 19.9 Å². The second kappa shape index (κ2) is 11.3. The summed E-state index contributed by atoms with van der Waals surface area (Å²) in [5, 5.41) is 7.25. The first kappa shape index (κ1) is 22.6. The molecule has 162 valence electrons. The summed E-state index contributed by atoms with van der Waals surface area (Å²) in [4.78, 5) is 16.1. The number of benzene rings is 2. The Kier molecular flexibility index (Phi) is 8.26. The smallest absolute Gasteiger partial charge is 0.344 e. The number of hydrazone groups is 1. The summed E-state index contributed by atoms with van der Waals surface area (Å²) in [5.41, 5.74) is 5.46. The summed E-state index contributed by atoms with van der Waals surface area (Å²) < 4.78 is 16.0. The van der Waals surface area contributed by atoms with Crippen LogP contribution in [0.1, 0.15) is 19.4 Å². The number of carbonyl (C=O) groups is 1. The predicted molar refractivity (Wildman–Crippen MR) is 124 cm³/mol. The van der Waals surface area contributed by atoms with Crippen LogP contribution in [0.2, 0.25) is 5.02 Å². The van der Waals surface area contributed by atoms with E-state index in [2.05, 4.69) is 15.5 Å². The second-order valence-electron chi connectivity index (χ2n) is 6.12. The van der Waals surface area contributed by atoms with Gasteiger partial charge in [-0.2, -0.15) is 5.10 Å². The average molecular weight is 460 g/mol. The Morgan fingerprint density at radius 1 is 1.16 bits per heavy atom. The van der Waals surface area contributed by atoms with Crippen LogP contribution in [0, 0.1) is 0 Å². The maximum atomic E-state index is 11.6. The molecule has 0 amide bonds. The lowest BCUT2D eigenvalue weighted by molar-refractivity contribution is -0.145. The van der Waals surface area contributed by atoms with Crippen molar-refractivity contribution in [3.63, 3.8) is 0 Å². The van der Waals surface area contributed by atoms with E-state index < -0.39 is 5.97 Å². The molecule has 0 aliphatic carbocycles. The van der Waals surface area contributed by atoms with Crippen LogP contribution in [0.4, 0.5) is 5.13 Å². The third-order valence-corrected chi connectivity index (χ3v) is 5.03. The number of anilines is 1. The normalized spacial score (nSPS) is 10.8. The molecule has 1 heterocycles. The maximum absolute atomic E-state index is 11.6. The quantitative estimate of drug-likeness (QED) is 0.253. The Bertz CT molecular complexity index is 1040. The Labute approximate surface area is 189 Å². The van der Waals surface area contributed by atoms with Crippen LogP contribution in [0.25, 0.3) is 11.3 Å². The van der Waals surface area contributed by atoms with Gasteiger partial charge in [0.2, 0.25) is 5.13 Å². The third kappa shape index (κ3) is 6.44. The van der Waals surface area contributed by atoms with Crippen LogP contribution in [-0.4, -0.2) is 37.0 Å². The summed E-state index contributed by atoms with van der Waals surface area (Å²) in [5.74, 6) is 0.352. The summed E-state index contributed by atoms with van der Waals surface area (Å²) in [6, 6.07) is 13.2. The van der Waals surface area contributed by atoms with Gasteiger partial charge in [-0.25, -0.2) is 9.78 Å². The average Bonchev–Trinajstić information content (AvgIpc) is 3.24. The van der Waals surface area contributed by atoms with Crippen molar-refractivity contribution in [1.82, 2.24) is 4.98 Å². The highest BCUT2D eigenvalue weighted by Gasteiger charge is 2.13. The Hall–Kier alpha value is -3.10. The fraction of sp³-hybridized carbons (Fsp3) is 0.227. The highest BCUT2D eigenvalue weighted by atomic mass is 35.5. The summed E-state index contributed by atoms with van der Waals surface area (Å²) in [6.45, 7) is 4.07. The lowest BCUT2D eigenvalue weighted by Gasteiger charge is -2.13. The molecule has 3 rings (SSSR count). The minimum Gasteiger partial charge on any atom is -0.490 e. The maximum Gasteiger partial charge on any atom is 0.344 e. The summed E-state index contributed by atoms with van der Waals surface area (Å²) in [6.07, 6.45) is 1.57. The number of halogens is 1. The Balaban J connectivity index is 1.69. The topological polar surface area (TPSA) is 82.0 Å². The molecule has 0 saturated heterocycles. The van der Waals surface area contributed by atoms with E-state index >= 15 is 0 Å². The molecule has 2 aromatic carbocycles. The van der Waals surface area contributed by atoms with Crippen LogP contribution in [0.3, 0.4) is 0 Å². The minimum atomic E-state index is -0.464. The first-order valence-corrected chi connectivity index (χ1v) is 10.9. The van der Waals surface area contributed by atoms with E-state index in [0.717, 1.165) is 11.3 Å². The number of hydrogen-bond acceptors (Lipinski definition) is 8. The van der Waals surface area contributed by atoms with Gasteiger partial charge in [-0.3, -0.25) is 5.43 Å². The van der Waals surface area contributed by atoms with Crippen LogP contribution < -0.4 is 14.9 Å². The molecule has 0 saturated carbocycles. The SMILES string of the molecule is CCOC(=O)COc1cc(Cl)c(C=NNc2nc(-c3ccccc3)cs2)cc1OCC. The molecule has 1 aromatic heterocycles.